The lowest BCUT2D eigenvalue weighted by Gasteiger charge is -2.25. The Balaban J connectivity index is 2.85. The smallest absolute Gasteiger partial charge is 0.331 e. The maximum atomic E-state index is 11.8. The van der Waals surface area contributed by atoms with E-state index in [9.17, 15) is 4.79 Å². The van der Waals surface area contributed by atoms with Crippen LogP contribution in [0.1, 0.15) is 40.0 Å². The Hall–Kier alpha value is -1.47. The molecule has 3 heteroatoms. The molecule has 0 amide bonds. The van der Waals surface area contributed by atoms with Crippen LogP contribution in [0.4, 0.5) is 0 Å². The van der Waals surface area contributed by atoms with E-state index in [1.807, 2.05) is 6.92 Å². The van der Waals surface area contributed by atoms with Crippen LogP contribution in [0.2, 0.25) is 0 Å². The number of hydrogen-bond acceptors (Lipinski definition) is 1. The SMILES string of the molecule is C=C(C)[C@@H]1CC[C@@](C)(CC(=O)C(C)=[N+]=[N-])C1=C. The van der Waals surface area contributed by atoms with Gasteiger partial charge in [0.1, 0.15) is 0 Å². The first-order valence-corrected chi connectivity index (χ1v) is 5.88. The van der Waals surface area contributed by atoms with Crippen molar-refractivity contribution in [3.63, 3.8) is 0 Å². The predicted molar refractivity (Wildman–Crippen MR) is 68.7 cm³/mol. The van der Waals surface area contributed by atoms with Gasteiger partial charge in [-0.2, -0.15) is 4.79 Å². The summed E-state index contributed by atoms with van der Waals surface area (Å²) in [5.74, 6) is 0.206. The molecule has 1 aliphatic carbocycles. The summed E-state index contributed by atoms with van der Waals surface area (Å²) >= 11 is 0. The second-order valence-electron chi connectivity index (χ2n) is 5.31. The first-order chi connectivity index (χ1) is 7.81. The number of Topliss-reactive ketones (excluding diaryl/α,β-unsaturated/α-hetero) is 1. The lowest BCUT2D eigenvalue weighted by molar-refractivity contribution is -0.118. The van der Waals surface area contributed by atoms with Crippen LogP contribution in [0.5, 0.6) is 0 Å². The normalized spacial score (nSPS) is 27.7. The average Bonchev–Trinajstić information content (AvgIpc) is 2.54. The first kappa shape index (κ1) is 13.6. The van der Waals surface area contributed by atoms with Gasteiger partial charge in [-0.15, -0.1) is 0 Å². The number of carbonyl (C=O) groups is 1. The van der Waals surface area contributed by atoms with Crippen molar-refractivity contribution in [3.8, 4) is 0 Å². The summed E-state index contributed by atoms with van der Waals surface area (Å²) in [6.45, 7) is 13.7. The van der Waals surface area contributed by atoms with Crippen LogP contribution in [0.15, 0.2) is 24.3 Å². The summed E-state index contributed by atoms with van der Waals surface area (Å²) < 4.78 is 0. The van der Waals surface area contributed by atoms with Crippen LogP contribution in [0, 0.1) is 11.3 Å². The number of nitrogens with zero attached hydrogens (tertiary/aromatic N) is 2. The quantitative estimate of drug-likeness (QED) is 0.318. The second-order valence-corrected chi connectivity index (χ2v) is 5.31. The molecule has 0 N–H and O–H groups in total. The van der Waals surface area contributed by atoms with Crippen molar-refractivity contribution >= 4 is 11.5 Å². The van der Waals surface area contributed by atoms with Gasteiger partial charge in [0.2, 0.25) is 5.78 Å². The van der Waals surface area contributed by atoms with Crippen molar-refractivity contribution in [1.29, 1.82) is 0 Å². The van der Waals surface area contributed by atoms with Gasteiger partial charge in [0.25, 0.3) is 0 Å². The predicted octanol–water partition coefficient (Wildman–Crippen LogP) is 3.18. The van der Waals surface area contributed by atoms with E-state index >= 15 is 0 Å². The molecule has 92 valence electrons. The minimum atomic E-state index is -0.188. The van der Waals surface area contributed by atoms with Crippen LogP contribution in [-0.2, 0) is 4.79 Å². The van der Waals surface area contributed by atoms with E-state index in [1.165, 1.54) is 6.92 Å². The lowest BCUT2D eigenvalue weighted by Crippen LogP contribution is -2.24. The molecule has 0 radical (unpaired) electrons. The van der Waals surface area contributed by atoms with E-state index in [0.717, 1.165) is 24.0 Å². The highest BCUT2D eigenvalue weighted by Crippen LogP contribution is 2.50. The fraction of sp³-hybridized carbons (Fsp3) is 0.571. The maximum absolute atomic E-state index is 11.8. The minimum absolute atomic E-state index is 0.112. The molecule has 0 aromatic carbocycles. The molecule has 0 aromatic rings. The van der Waals surface area contributed by atoms with Crippen LogP contribution >= 0.6 is 0 Å². The molecule has 2 atom stereocenters. The van der Waals surface area contributed by atoms with E-state index in [4.69, 9.17) is 5.53 Å². The Kier molecular flexibility index (Phi) is 3.84. The Labute approximate surface area is 103 Å². The van der Waals surface area contributed by atoms with Gasteiger partial charge in [-0.25, -0.2) is 0 Å². The van der Waals surface area contributed by atoms with E-state index in [2.05, 4.69) is 24.9 Å². The standard InChI is InChI=1S/C14H20N2O/c1-9(2)12-6-7-14(5,10(12)3)8-13(17)11(4)16-15/h12H,1,3,6-8H2,2,4-5H3/t12-,14-/m0/s1. The number of rotatable bonds is 4. The Morgan fingerprint density at radius 1 is 1.59 bits per heavy atom. The highest BCUT2D eigenvalue weighted by atomic mass is 16.1. The van der Waals surface area contributed by atoms with Gasteiger partial charge in [0.05, 0.1) is 0 Å². The molecule has 3 nitrogen and oxygen atoms in total. The summed E-state index contributed by atoms with van der Waals surface area (Å²) in [7, 11) is 0. The molecular weight excluding hydrogens is 212 g/mol. The molecular formula is C14H20N2O. The third kappa shape index (κ3) is 2.62. The highest BCUT2D eigenvalue weighted by molar-refractivity contribution is 6.36. The van der Waals surface area contributed by atoms with Crippen LogP contribution < -0.4 is 0 Å². The van der Waals surface area contributed by atoms with Crippen molar-refractivity contribution in [2.24, 2.45) is 11.3 Å². The molecule has 1 rings (SSSR count). The number of allylic oxidation sites excluding steroid dienone is 2. The van der Waals surface area contributed by atoms with Gasteiger partial charge in [0, 0.05) is 19.3 Å². The van der Waals surface area contributed by atoms with Crippen LogP contribution in [0.3, 0.4) is 0 Å². The summed E-state index contributed by atoms with van der Waals surface area (Å²) in [6.07, 6.45) is 2.31. The van der Waals surface area contributed by atoms with Gasteiger partial charge in [-0.1, -0.05) is 31.2 Å². The van der Waals surface area contributed by atoms with Crippen molar-refractivity contribution in [2.45, 2.75) is 40.0 Å². The van der Waals surface area contributed by atoms with Crippen molar-refractivity contribution in [2.75, 3.05) is 0 Å². The highest BCUT2D eigenvalue weighted by Gasteiger charge is 2.41. The summed E-state index contributed by atoms with van der Waals surface area (Å²) in [4.78, 5) is 14.8. The first-order valence-electron chi connectivity index (χ1n) is 5.88. The molecule has 0 aliphatic heterocycles. The maximum Gasteiger partial charge on any atom is 0.331 e. The molecule has 0 bridgehead atoms. The van der Waals surface area contributed by atoms with E-state index in [-0.39, 0.29) is 16.9 Å². The summed E-state index contributed by atoms with van der Waals surface area (Å²) in [5, 5.41) is 0. The van der Waals surface area contributed by atoms with Crippen LogP contribution in [0.25, 0.3) is 5.53 Å². The van der Waals surface area contributed by atoms with Gasteiger partial charge in [0.15, 0.2) is 0 Å². The monoisotopic (exact) mass is 232 g/mol. The number of ketones is 1. The zero-order chi connectivity index (χ0) is 13.2. The minimum Gasteiger partial charge on any atom is -0.361 e. The molecule has 1 saturated carbocycles. The molecule has 0 aromatic heterocycles. The molecule has 17 heavy (non-hydrogen) atoms. The second kappa shape index (κ2) is 4.80. The van der Waals surface area contributed by atoms with Gasteiger partial charge < -0.3 is 5.53 Å². The Morgan fingerprint density at radius 3 is 2.59 bits per heavy atom. The molecule has 1 aliphatic rings. The van der Waals surface area contributed by atoms with Gasteiger partial charge in [-0.3, -0.25) is 4.79 Å². The third-order valence-corrected chi connectivity index (χ3v) is 3.88. The number of hydrogen-bond donors (Lipinski definition) is 0. The number of carbonyl (C=O) groups excluding carboxylic acids is 1. The largest absolute Gasteiger partial charge is 0.361 e. The van der Waals surface area contributed by atoms with E-state index in [0.29, 0.717) is 12.3 Å². The van der Waals surface area contributed by atoms with Crippen LogP contribution in [-0.4, -0.2) is 16.3 Å². The lowest BCUT2D eigenvalue weighted by atomic mass is 9.77. The van der Waals surface area contributed by atoms with Gasteiger partial charge >= 0.3 is 5.71 Å². The Morgan fingerprint density at radius 2 is 2.18 bits per heavy atom. The van der Waals surface area contributed by atoms with Crippen molar-refractivity contribution in [3.05, 3.63) is 29.8 Å². The fourth-order valence-electron chi connectivity index (χ4n) is 2.50. The zero-order valence-electron chi connectivity index (χ0n) is 10.9. The molecule has 0 spiro atoms. The zero-order valence-corrected chi connectivity index (χ0v) is 10.9. The Bertz CT molecular complexity index is 430. The van der Waals surface area contributed by atoms with Crippen molar-refractivity contribution in [1.82, 2.24) is 0 Å². The van der Waals surface area contributed by atoms with Crippen molar-refractivity contribution < 1.29 is 9.58 Å². The van der Waals surface area contributed by atoms with E-state index < -0.39 is 0 Å². The average molecular weight is 232 g/mol. The molecule has 0 saturated heterocycles. The third-order valence-electron chi connectivity index (χ3n) is 3.88. The fourth-order valence-corrected chi connectivity index (χ4v) is 2.50. The molecule has 0 heterocycles. The topological polar surface area (TPSA) is 53.5 Å². The summed E-state index contributed by atoms with van der Waals surface area (Å²) in [6, 6.07) is 0. The van der Waals surface area contributed by atoms with Gasteiger partial charge in [-0.05, 0) is 25.2 Å². The van der Waals surface area contributed by atoms with E-state index in [1.54, 1.807) is 0 Å². The molecule has 0 unspecified atom stereocenters. The summed E-state index contributed by atoms with van der Waals surface area (Å²) in [5.41, 5.74) is 10.8. The molecule has 1 fully saturated rings.